The quantitative estimate of drug-likeness (QED) is 0.782. The van der Waals surface area contributed by atoms with Gasteiger partial charge in [0.15, 0.2) is 0 Å². The molecule has 0 aromatic heterocycles. The molecule has 0 fully saturated rings. The first-order chi connectivity index (χ1) is 7.58. The summed E-state index contributed by atoms with van der Waals surface area (Å²) in [5, 5.41) is 2.96. The molecule has 1 amide bonds. The lowest BCUT2D eigenvalue weighted by Crippen LogP contribution is -2.32. The van der Waals surface area contributed by atoms with Crippen molar-refractivity contribution >= 4 is 11.6 Å². The lowest BCUT2D eigenvalue weighted by Gasteiger charge is -2.15. The predicted molar refractivity (Wildman–Crippen MR) is 61.8 cm³/mol. The summed E-state index contributed by atoms with van der Waals surface area (Å²) >= 11 is 0. The van der Waals surface area contributed by atoms with Crippen molar-refractivity contribution in [1.29, 1.82) is 0 Å². The highest BCUT2D eigenvalue weighted by molar-refractivity contribution is 5.83. The number of carbonyl (C=O) groups excluding carboxylic acids is 1. The number of primary amides is 1. The van der Waals surface area contributed by atoms with Crippen molar-refractivity contribution in [3.05, 3.63) is 18.2 Å². The van der Waals surface area contributed by atoms with Gasteiger partial charge in [0.2, 0.25) is 5.91 Å². The minimum atomic E-state index is -0.471. The van der Waals surface area contributed by atoms with Crippen molar-refractivity contribution < 1.29 is 14.3 Å². The van der Waals surface area contributed by atoms with Gasteiger partial charge in [0, 0.05) is 6.07 Å². The first-order valence-corrected chi connectivity index (χ1v) is 4.86. The van der Waals surface area contributed by atoms with Gasteiger partial charge in [-0.2, -0.15) is 0 Å². The Hall–Kier alpha value is -1.91. The van der Waals surface area contributed by atoms with Crippen molar-refractivity contribution in [3.8, 4) is 11.5 Å². The van der Waals surface area contributed by atoms with Crippen molar-refractivity contribution in [2.24, 2.45) is 5.73 Å². The lowest BCUT2D eigenvalue weighted by molar-refractivity contribution is -0.118. The Bertz CT molecular complexity index is 379. The summed E-state index contributed by atoms with van der Waals surface area (Å²) in [5.41, 5.74) is 5.85. The third-order valence-corrected chi connectivity index (χ3v) is 2.21. The van der Waals surface area contributed by atoms with Crippen LogP contribution in [0.25, 0.3) is 0 Å². The maximum atomic E-state index is 10.9. The number of methoxy groups -OCH3 is 2. The Morgan fingerprint density at radius 2 is 2.06 bits per heavy atom. The first kappa shape index (κ1) is 12.2. The molecule has 1 unspecified atom stereocenters. The number of ether oxygens (including phenoxy) is 2. The van der Waals surface area contributed by atoms with Gasteiger partial charge in [-0.05, 0) is 19.1 Å². The molecule has 5 nitrogen and oxygen atoms in total. The van der Waals surface area contributed by atoms with Crippen molar-refractivity contribution in [3.63, 3.8) is 0 Å². The number of nitrogens with two attached hydrogens (primary N) is 1. The van der Waals surface area contributed by atoms with E-state index >= 15 is 0 Å². The third-order valence-electron chi connectivity index (χ3n) is 2.21. The molecule has 0 saturated carbocycles. The summed E-state index contributed by atoms with van der Waals surface area (Å²) < 4.78 is 10.2. The average Bonchev–Trinajstić information content (AvgIpc) is 2.28. The fourth-order valence-corrected chi connectivity index (χ4v) is 1.23. The smallest absolute Gasteiger partial charge is 0.239 e. The number of anilines is 1. The number of rotatable bonds is 5. The fraction of sp³-hybridized carbons (Fsp3) is 0.364. The molecular weight excluding hydrogens is 208 g/mol. The van der Waals surface area contributed by atoms with E-state index in [1.54, 1.807) is 39.3 Å². The largest absolute Gasteiger partial charge is 0.497 e. The number of hydrogen-bond acceptors (Lipinski definition) is 4. The number of hydrogen-bond donors (Lipinski definition) is 2. The van der Waals surface area contributed by atoms with Crippen LogP contribution in [0.5, 0.6) is 11.5 Å². The topological polar surface area (TPSA) is 73.6 Å². The van der Waals surface area contributed by atoms with Gasteiger partial charge in [0.05, 0.1) is 19.9 Å². The van der Waals surface area contributed by atoms with Gasteiger partial charge in [0.1, 0.15) is 17.5 Å². The van der Waals surface area contributed by atoms with Gasteiger partial charge in [0.25, 0.3) is 0 Å². The van der Waals surface area contributed by atoms with Crippen molar-refractivity contribution in [2.75, 3.05) is 19.5 Å². The summed E-state index contributed by atoms with van der Waals surface area (Å²) in [6.45, 7) is 1.68. The average molecular weight is 224 g/mol. The molecule has 5 heteroatoms. The maximum Gasteiger partial charge on any atom is 0.239 e. The van der Waals surface area contributed by atoms with Crippen molar-refractivity contribution in [2.45, 2.75) is 13.0 Å². The SMILES string of the molecule is COc1ccc(OC)c(NC(C)C(N)=O)c1. The van der Waals surface area contributed by atoms with Crippen LogP contribution in [-0.2, 0) is 4.79 Å². The van der Waals surface area contributed by atoms with Crippen LogP contribution < -0.4 is 20.5 Å². The van der Waals surface area contributed by atoms with E-state index in [0.717, 1.165) is 0 Å². The standard InChI is InChI=1S/C11H16N2O3/c1-7(11(12)14)13-9-6-8(15-2)4-5-10(9)16-3/h4-7,13H,1-3H3,(H2,12,14). The summed E-state index contributed by atoms with van der Waals surface area (Å²) in [6, 6.07) is 4.81. The fourth-order valence-electron chi connectivity index (χ4n) is 1.23. The van der Waals surface area contributed by atoms with Crippen LogP contribution >= 0.6 is 0 Å². The molecule has 88 valence electrons. The van der Waals surface area contributed by atoms with Gasteiger partial charge in [-0.3, -0.25) is 4.79 Å². The van der Waals surface area contributed by atoms with E-state index in [9.17, 15) is 4.79 Å². The minimum absolute atomic E-state index is 0.426. The van der Waals surface area contributed by atoms with E-state index in [1.165, 1.54) is 0 Å². The number of amides is 1. The van der Waals surface area contributed by atoms with E-state index in [-0.39, 0.29) is 0 Å². The van der Waals surface area contributed by atoms with Crippen LogP contribution in [0.3, 0.4) is 0 Å². The maximum absolute atomic E-state index is 10.9. The summed E-state index contributed by atoms with van der Waals surface area (Å²) in [4.78, 5) is 10.9. The van der Waals surface area contributed by atoms with E-state index < -0.39 is 11.9 Å². The normalized spacial score (nSPS) is 11.7. The van der Waals surface area contributed by atoms with Crippen LogP contribution in [0, 0.1) is 0 Å². The lowest BCUT2D eigenvalue weighted by atomic mass is 10.2. The van der Waals surface area contributed by atoms with Gasteiger partial charge in [-0.25, -0.2) is 0 Å². The molecule has 0 aliphatic rings. The monoisotopic (exact) mass is 224 g/mol. The molecule has 0 spiro atoms. The number of benzene rings is 1. The van der Waals surface area contributed by atoms with E-state index in [0.29, 0.717) is 17.2 Å². The number of carbonyl (C=O) groups is 1. The summed E-state index contributed by atoms with van der Waals surface area (Å²) in [6.07, 6.45) is 0. The Morgan fingerprint density at radius 1 is 1.38 bits per heavy atom. The Morgan fingerprint density at radius 3 is 2.56 bits per heavy atom. The zero-order valence-electron chi connectivity index (χ0n) is 9.61. The van der Waals surface area contributed by atoms with Gasteiger partial charge < -0.3 is 20.5 Å². The highest BCUT2D eigenvalue weighted by Crippen LogP contribution is 2.29. The Labute approximate surface area is 94.5 Å². The summed E-state index contributed by atoms with van der Waals surface area (Å²) in [5.74, 6) is 0.888. The van der Waals surface area contributed by atoms with Gasteiger partial charge in [-0.15, -0.1) is 0 Å². The molecule has 0 heterocycles. The van der Waals surface area contributed by atoms with Crippen molar-refractivity contribution in [1.82, 2.24) is 0 Å². The van der Waals surface area contributed by atoms with Crippen LogP contribution in [0.2, 0.25) is 0 Å². The molecule has 0 radical (unpaired) electrons. The molecule has 16 heavy (non-hydrogen) atoms. The predicted octanol–water partition coefficient (Wildman–Crippen LogP) is 0.989. The van der Waals surface area contributed by atoms with Crippen LogP contribution in [0.1, 0.15) is 6.92 Å². The second-order valence-electron chi connectivity index (χ2n) is 3.33. The molecule has 1 aromatic rings. The van der Waals surface area contributed by atoms with E-state index in [2.05, 4.69) is 5.32 Å². The molecule has 1 atom stereocenters. The van der Waals surface area contributed by atoms with E-state index in [1.807, 2.05) is 0 Å². The summed E-state index contributed by atoms with van der Waals surface area (Å²) in [7, 11) is 3.13. The molecule has 0 bridgehead atoms. The molecule has 0 aliphatic carbocycles. The molecule has 3 N–H and O–H groups in total. The zero-order chi connectivity index (χ0) is 12.1. The number of nitrogens with one attached hydrogen (secondary N) is 1. The van der Waals surface area contributed by atoms with E-state index in [4.69, 9.17) is 15.2 Å². The van der Waals surface area contributed by atoms with Crippen LogP contribution in [0.4, 0.5) is 5.69 Å². The Balaban J connectivity index is 2.95. The zero-order valence-corrected chi connectivity index (χ0v) is 9.61. The Kier molecular flexibility index (Phi) is 3.99. The third kappa shape index (κ3) is 2.79. The van der Waals surface area contributed by atoms with Gasteiger partial charge >= 0.3 is 0 Å². The highest BCUT2D eigenvalue weighted by Gasteiger charge is 2.11. The van der Waals surface area contributed by atoms with Crippen LogP contribution in [0.15, 0.2) is 18.2 Å². The van der Waals surface area contributed by atoms with Crippen LogP contribution in [-0.4, -0.2) is 26.2 Å². The first-order valence-electron chi connectivity index (χ1n) is 4.86. The molecular formula is C11H16N2O3. The molecule has 0 saturated heterocycles. The molecule has 0 aliphatic heterocycles. The van der Waals surface area contributed by atoms with Gasteiger partial charge in [-0.1, -0.05) is 0 Å². The molecule has 1 rings (SSSR count). The highest BCUT2D eigenvalue weighted by atomic mass is 16.5. The molecule has 1 aromatic carbocycles. The second-order valence-corrected chi connectivity index (χ2v) is 3.33. The minimum Gasteiger partial charge on any atom is -0.497 e. The second kappa shape index (κ2) is 5.25.